The highest BCUT2D eigenvalue weighted by atomic mass is 15.2. The van der Waals surface area contributed by atoms with E-state index in [0.717, 1.165) is 23.8 Å². The van der Waals surface area contributed by atoms with Gasteiger partial charge < -0.3 is 10.2 Å². The molecule has 1 aliphatic carbocycles. The highest BCUT2D eigenvalue weighted by Gasteiger charge is 2.33. The third-order valence-electron chi connectivity index (χ3n) is 5.56. The normalized spacial score (nSPS) is 30.9. The number of piperidine rings is 1. The van der Waals surface area contributed by atoms with Gasteiger partial charge >= 0.3 is 0 Å². The molecule has 0 aromatic heterocycles. The Balaban J connectivity index is 1.82. The van der Waals surface area contributed by atoms with Crippen LogP contribution < -0.4 is 5.32 Å². The highest BCUT2D eigenvalue weighted by Crippen LogP contribution is 2.35. The van der Waals surface area contributed by atoms with Crippen molar-refractivity contribution in [1.82, 2.24) is 10.2 Å². The van der Waals surface area contributed by atoms with E-state index in [1.54, 1.807) is 0 Å². The van der Waals surface area contributed by atoms with Gasteiger partial charge in [0.2, 0.25) is 0 Å². The Morgan fingerprint density at radius 1 is 1.05 bits per heavy atom. The summed E-state index contributed by atoms with van der Waals surface area (Å²) in [5, 5.41) is 3.30. The molecule has 0 bridgehead atoms. The van der Waals surface area contributed by atoms with E-state index in [1.165, 1.54) is 64.6 Å². The summed E-state index contributed by atoms with van der Waals surface area (Å²) in [6, 6.07) is 0.902. The predicted octanol–water partition coefficient (Wildman–Crippen LogP) is 3.52. The van der Waals surface area contributed by atoms with Gasteiger partial charge in [0.1, 0.15) is 0 Å². The molecule has 1 N–H and O–H groups in total. The van der Waals surface area contributed by atoms with E-state index >= 15 is 0 Å². The summed E-state index contributed by atoms with van der Waals surface area (Å²) in [4.78, 5) is 2.85. The van der Waals surface area contributed by atoms with Crippen molar-refractivity contribution < 1.29 is 0 Å². The van der Waals surface area contributed by atoms with E-state index in [4.69, 9.17) is 0 Å². The Bertz CT molecular complexity index is 244. The van der Waals surface area contributed by atoms with Crippen LogP contribution in [0.2, 0.25) is 0 Å². The molecule has 112 valence electrons. The first kappa shape index (κ1) is 15.3. The second kappa shape index (κ2) is 7.64. The fourth-order valence-electron chi connectivity index (χ4n) is 4.29. The molecule has 2 nitrogen and oxygen atoms in total. The Labute approximate surface area is 120 Å². The van der Waals surface area contributed by atoms with E-state index in [0.29, 0.717) is 0 Å². The third kappa shape index (κ3) is 4.19. The second-order valence-electron chi connectivity index (χ2n) is 7.13. The largest absolute Gasteiger partial charge is 0.320 e. The molecule has 1 saturated carbocycles. The minimum absolute atomic E-state index is 0.868. The molecular weight excluding hydrogens is 232 g/mol. The maximum absolute atomic E-state index is 3.30. The van der Waals surface area contributed by atoms with E-state index < -0.39 is 0 Å². The van der Waals surface area contributed by atoms with Gasteiger partial charge in [0.15, 0.2) is 0 Å². The first-order valence-corrected chi connectivity index (χ1v) is 8.61. The average molecular weight is 266 g/mol. The van der Waals surface area contributed by atoms with Crippen LogP contribution in [0.15, 0.2) is 0 Å². The summed E-state index contributed by atoms with van der Waals surface area (Å²) in [5.41, 5.74) is 0. The Morgan fingerprint density at radius 3 is 2.37 bits per heavy atom. The molecule has 2 unspecified atom stereocenters. The van der Waals surface area contributed by atoms with Crippen LogP contribution in [-0.4, -0.2) is 37.6 Å². The molecule has 0 aromatic rings. The summed E-state index contributed by atoms with van der Waals surface area (Å²) in [7, 11) is 2.07. The SMILES string of the molecule is CNCCC1CCN(C2CCCCC2C(C)C)CC1. The molecule has 2 heteroatoms. The van der Waals surface area contributed by atoms with Gasteiger partial charge in [-0.05, 0) is 76.5 Å². The molecule has 0 radical (unpaired) electrons. The van der Waals surface area contributed by atoms with Gasteiger partial charge in [0.05, 0.1) is 0 Å². The van der Waals surface area contributed by atoms with Gasteiger partial charge in [-0.3, -0.25) is 0 Å². The Hall–Kier alpha value is -0.0800. The highest BCUT2D eigenvalue weighted by molar-refractivity contribution is 4.87. The van der Waals surface area contributed by atoms with Crippen molar-refractivity contribution in [2.75, 3.05) is 26.7 Å². The lowest BCUT2D eigenvalue weighted by molar-refractivity contribution is 0.0490. The van der Waals surface area contributed by atoms with Crippen LogP contribution in [0.4, 0.5) is 0 Å². The summed E-state index contributed by atoms with van der Waals surface area (Å²) < 4.78 is 0. The van der Waals surface area contributed by atoms with Crippen LogP contribution in [0, 0.1) is 17.8 Å². The van der Waals surface area contributed by atoms with Gasteiger partial charge in [-0.15, -0.1) is 0 Å². The summed E-state index contributed by atoms with van der Waals surface area (Å²) in [6.45, 7) is 8.79. The van der Waals surface area contributed by atoms with Crippen molar-refractivity contribution in [3.8, 4) is 0 Å². The second-order valence-corrected chi connectivity index (χ2v) is 7.13. The van der Waals surface area contributed by atoms with Crippen LogP contribution in [0.25, 0.3) is 0 Å². The maximum Gasteiger partial charge on any atom is 0.0126 e. The molecule has 2 rings (SSSR count). The molecule has 1 saturated heterocycles. The fraction of sp³-hybridized carbons (Fsp3) is 1.00. The van der Waals surface area contributed by atoms with E-state index in [9.17, 15) is 0 Å². The zero-order chi connectivity index (χ0) is 13.7. The zero-order valence-electron chi connectivity index (χ0n) is 13.3. The summed E-state index contributed by atoms with van der Waals surface area (Å²) in [6.07, 6.45) is 10.1. The third-order valence-corrected chi connectivity index (χ3v) is 5.56. The van der Waals surface area contributed by atoms with Crippen molar-refractivity contribution in [1.29, 1.82) is 0 Å². The molecule has 19 heavy (non-hydrogen) atoms. The predicted molar refractivity (Wildman–Crippen MR) is 83.4 cm³/mol. The maximum atomic E-state index is 3.30. The molecule has 1 heterocycles. The molecule has 2 fully saturated rings. The number of hydrogen-bond donors (Lipinski definition) is 1. The van der Waals surface area contributed by atoms with E-state index in [2.05, 4.69) is 31.1 Å². The lowest BCUT2D eigenvalue weighted by Crippen LogP contribution is -2.48. The Morgan fingerprint density at radius 2 is 1.74 bits per heavy atom. The number of nitrogens with one attached hydrogen (secondary N) is 1. The van der Waals surface area contributed by atoms with Crippen LogP contribution in [0.1, 0.15) is 58.8 Å². The summed E-state index contributed by atoms with van der Waals surface area (Å²) >= 11 is 0. The van der Waals surface area contributed by atoms with Crippen LogP contribution in [-0.2, 0) is 0 Å². The molecule has 2 aliphatic rings. The fourth-order valence-corrected chi connectivity index (χ4v) is 4.29. The van der Waals surface area contributed by atoms with Gasteiger partial charge in [0, 0.05) is 6.04 Å². The van der Waals surface area contributed by atoms with Crippen molar-refractivity contribution in [3.05, 3.63) is 0 Å². The van der Waals surface area contributed by atoms with Gasteiger partial charge in [-0.2, -0.15) is 0 Å². The topological polar surface area (TPSA) is 15.3 Å². The van der Waals surface area contributed by atoms with Crippen LogP contribution in [0.3, 0.4) is 0 Å². The number of hydrogen-bond acceptors (Lipinski definition) is 2. The monoisotopic (exact) mass is 266 g/mol. The minimum Gasteiger partial charge on any atom is -0.320 e. The summed E-state index contributed by atoms with van der Waals surface area (Å²) in [5.74, 6) is 2.81. The molecule has 2 atom stereocenters. The van der Waals surface area contributed by atoms with Crippen molar-refractivity contribution >= 4 is 0 Å². The minimum atomic E-state index is 0.868. The molecule has 0 amide bonds. The molecule has 0 aromatic carbocycles. The van der Waals surface area contributed by atoms with Gasteiger partial charge in [0.25, 0.3) is 0 Å². The van der Waals surface area contributed by atoms with Crippen LogP contribution >= 0.6 is 0 Å². The first-order valence-electron chi connectivity index (χ1n) is 8.61. The van der Waals surface area contributed by atoms with E-state index in [1.807, 2.05) is 0 Å². The Kier molecular flexibility index (Phi) is 6.15. The van der Waals surface area contributed by atoms with Gasteiger partial charge in [-0.25, -0.2) is 0 Å². The number of likely N-dealkylation sites (tertiary alicyclic amines) is 1. The molecular formula is C17H34N2. The smallest absolute Gasteiger partial charge is 0.0126 e. The molecule has 1 aliphatic heterocycles. The lowest BCUT2D eigenvalue weighted by atomic mass is 9.76. The first-order chi connectivity index (χ1) is 9.22. The van der Waals surface area contributed by atoms with Gasteiger partial charge in [-0.1, -0.05) is 26.7 Å². The van der Waals surface area contributed by atoms with Crippen molar-refractivity contribution in [3.63, 3.8) is 0 Å². The lowest BCUT2D eigenvalue weighted by Gasteiger charge is -2.45. The zero-order valence-corrected chi connectivity index (χ0v) is 13.3. The average Bonchev–Trinajstić information content (AvgIpc) is 2.45. The quantitative estimate of drug-likeness (QED) is 0.819. The number of nitrogens with zero attached hydrogens (tertiary/aromatic N) is 1. The number of rotatable bonds is 5. The molecule has 0 spiro atoms. The van der Waals surface area contributed by atoms with Crippen LogP contribution in [0.5, 0.6) is 0 Å². The van der Waals surface area contributed by atoms with Crippen molar-refractivity contribution in [2.24, 2.45) is 17.8 Å². The van der Waals surface area contributed by atoms with E-state index in [-0.39, 0.29) is 0 Å². The standard InChI is InChI=1S/C17H34N2/c1-14(2)16-6-4-5-7-17(16)19-12-9-15(10-13-19)8-11-18-3/h14-18H,4-13H2,1-3H3. The van der Waals surface area contributed by atoms with Crippen molar-refractivity contribution in [2.45, 2.75) is 64.8 Å².